The Bertz CT molecular complexity index is 596. The molecule has 1 aliphatic carbocycles. The minimum Gasteiger partial charge on any atom is -0.497 e. The highest BCUT2D eigenvalue weighted by atomic mass is 16.5. The summed E-state index contributed by atoms with van der Waals surface area (Å²) in [6.45, 7) is -0.628. The zero-order valence-corrected chi connectivity index (χ0v) is 13.7. The first kappa shape index (κ1) is 17.8. The van der Waals surface area contributed by atoms with Gasteiger partial charge < -0.3 is 20.1 Å². The molecule has 0 aliphatic heterocycles. The van der Waals surface area contributed by atoms with Crippen molar-refractivity contribution in [3.63, 3.8) is 0 Å². The van der Waals surface area contributed by atoms with Crippen LogP contribution in [0.25, 0.3) is 0 Å². The predicted molar refractivity (Wildman–Crippen MR) is 86.7 cm³/mol. The fourth-order valence-corrected chi connectivity index (χ4v) is 2.56. The second-order valence-corrected chi connectivity index (χ2v) is 5.62. The van der Waals surface area contributed by atoms with Gasteiger partial charge in [0, 0.05) is 11.6 Å². The molecule has 7 heteroatoms. The van der Waals surface area contributed by atoms with Crippen LogP contribution in [-0.2, 0) is 14.3 Å². The zero-order valence-electron chi connectivity index (χ0n) is 13.7. The molecule has 2 rings (SSSR count). The molecule has 0 saturated heterocycles. The molecule has 1 fully saturated rings. The molecular weight excluding hydrogens is 312 g/mol. The van der Waals surface area contributed by atoms with Crippen molar-refractivity contribution >= 4 is 17.8 Å². The fourth-order valence-electron chi connectivity index (χ4n) is 2.56. The fraction of sp³-hybridized carbons (Fsp3) is 0.471. The van der Waals surface area contributed by atoms with Crippen LogP contribution in [-0.4, -0.2) is 44.1 Å². The number of amides is 2. The third-order valence-corrected chi connectivity index (χ3v) is 3.81. The third kappa shape index (κ3) is 5.57. The average Bonchev–Trinajstić information content (AvgIpc) is 3.10. The lowest BCUT2D eigenvalue weighted by Gasteiger charge is -2.12. The van der Waals surface area contributed by atoms with E-state index in [9.17, 15) is 14.4 Å². The normalized spacial score (nSPS) is 14.0. The highest BCUT2D eigenvalue weighted by Crippen LogP contribution is 2.17. The monoisotopic (exact) mass is 334 g/mol. The van der Waals surface area contributed by atoms with Gasteiger partial charge in [0.15, 0.2) is 6.61 Å². The second-order valence-electron chi connectivity index (χ2n) is 5.62. The van der Waals surface area contributed by atoms with E-state index in [1.807, 2.05) is 0 Å². The van der Waals surface area contributed by atoms with Crippen molar-refractivity contribution in [2.75, 3.05) is 20.3 Å². The Hall–Kier alpha value is -2.57. The quantitative estimate of drug-likeness (QED) is 0.726. The Morgan fingerprint density at radius 3 is 2.67 bits per heavy atom. The second kappa shape index (κ2) is 8.90. The van der Waals surface area contributed by atoms with Gasteiger partial charge in [0.2, 0.25) is 0 Å². The van der Waals surface area contributed by atoms with Crippen molar-refractivity contribution in [2.45, 2.75) is 31.7 Å². The van der Waals surface area contributed by atoms with Crippen molar-refractivity contribution in [1.29, 1.82) is 0 Å². The number of ether oxygens (including phenoxy) is 2. The average molecular weight is 334 g/mol. The van der Waals surface area contributed by atoms with E-state index in [-0.39, 0.29) is 25.1 Å². The van der Waals surface area contributed by atoms with Gasteiger partial charge in [-0.15, -0.1) is 0 Å². The summed E-state index contributed by atoms with van der Waals surface area (Å²) in [4.78, 5) is 35.2. The molecular formula is C17H22N2O5. The van der Waals surface area contributed by atoms with E-state index < -0.39 is 11.9 Å². The van der Waals surface area contributed by atoms with E-state index in [0.717, 1.165) is 25.7 Å². The predicted octanol–water partition coefficient (Wildman–Crippen LogP) is 1.03. The first-order chi connectivity index (χ1) is 11.6. The summed E-state index contributed by atoms with van der Waals surface area (Å²) < 4.78 is 9.89. The van der Waals surface area contributed by atoms with Crippen LogP contribution in [0.5, 0.6) is 5.75 Å². The molecule has 0 bridgehead atoms. The van der Waals surface area contributed by atoms with Gasteiger partial charge >= 0.3 is 5.97 Å². The maximum atomic E-state index is 11.9. The smallest absolute Gasteiger partial charge is 0.325 e. The van der Waals surface area contributed by atoms with Gasteiger partial charge in [-0.2, -0.15) is 0 Å². The molecule has 0 aromatic heterocycles. The number of methoxy groups -OCH3 is 1. The van der Waals surface area contributed by atoms with E-state index in [4.69, 9.17) is 9.47 Å². The van der Waals surface area contributed by atoms with Crippen LogP contribution in [0.3, 0.4) is 0 Å². The van der Waals surface area contributed by atoms with Gasteiger partial charge in [-0.25, -0.2) is 0 Å². The first-order valence-electron chi connectivity index (χ1n) is 7.95. The highest BCUT2D eigenvalue weighted by Gasteiger charge is 2.18. The minimum absolute atomic E-state index is 0.184. The van der Waals surface area contributed by atoms with E-state index in [2.05, 4.69) is 10.6 Å². The summed E-state index contributed by atoms with van der Waals surface area (Å²) in [6.07, 6.45) is 4.16. The number of nitrogens with one attached hydrogen (secondary N) is 2. The number of carbonyl (C=O) groups excluding carboxylic acids is 3. The van der Waals surface area contributed by atoms with Crippen molar-refractivity contribution in [3.05, 3.63) is 29.8 Å². The van der Waals surface area contributed by atoms with E-state index in [1.165, 1.54) is 7.11 Å². The number of esters is 1. The Morgan fingerprint density at radius 1 is 1.21 bits per heavy atom. The van der Waals surface area contributed by atoms with E-state index >= 15 is 0 Å². The van der Waals surface area contributed by atoms with Gasteiger partial charge in [0.05, 0.1) is 7.11 Å². The van der Waals surface area contributed by atoms with Gasteiger partial charge in [-0.1, -0.05) is 18.9 Å². The van der Waals surface area contributed by atoms with Crippen molar-refractivity contribution in [3.8, 4) is 5.75 Å². The number of carbonyl (C=O) groups is 3. The summed E-state index contributed by atoms with van der Waals surface area (Å²) in [6, 6.07) is 6.76. The molecule has 0 atom stereocenters. The molecule has 0 spiro atoms. The van der Waals surface area contributed by atoms with Gasteiger partial charge in [0.1, 0.15) is 12.3 Å². The molecule has 1 aromatic rings. The lowest BCUT2D eigenvalue weighted by molar-refractivity contribution is -0.147. The topological polar surface area (TPSA) is 93.7 Å². The molecule has 7 nitrogen and oxygen atoms in total. The molecule has 1 saturated carbocycles. The molecule has 130 valence electrons. The maximum absolute atomic E-state index is 11.9. The van der Waals surface area contributed by atoms with Gasteiger partial charge in [-0.3, -0.25) is 14.4 Å². The van der Waals surface area contributed by atoms with E-state index in [1.54, 1.807) is 24.3 Å². The van der Waals surface area contributed by atoms with Crippen LogP contribution < -0.4 is 15.4 Å². The maximum Gasteiger partial charge on any atom is 0.325 e. The lowest BCUT2D eigenvalue weighted by Crippen LogP contribution is -2.37. The summed E-state index contributed by atoms with van der Waals surface area (Å²) in [5, 5.41) is 5.27. The molecule has 0 radical (unpaired) electrons. The number of benzene rings is 1. The zero-order chi connectivity index (χ0) is 17.4. The van der Waals surface area contributed by atoms with Crippen LogP contribution in [0.2, 0.25) is 0 Å². The summed E-state index contributed by atoms with van der Waals surface area (Å²) in [7, 11) is 1.50. The number of hydrogen-bond donors (Lipinski definition) is 2. The third-order valence-electron chi connectivity index (χ3n) is 3.81. The summed E-state index contributed by atoms with van der Waals surface area (Å²) in [5.74, 6) is -0.836. The Morgan fingerprint density at radius 2 is 1.96 bits per heavy atom. The molecule has 0 heterocycles. The van der Waals surface area contributed by atoms with Crippen LogP contribution in [0, 0.1) is 0 Å². The molecule has 1 aliphatic rings. The van der Waals surface area contributed by atoms with Crippen molar-refractivity contribution in [1.82, 2.24) is 10.6 Å². The number of rotatable bonds is 7. The first-order valence-corrected chi connectivity index (χ1v) is 7.95. The standard InChI is InChI=1S/C17H22N2O5/c1-23-14-8-4-5-12(9-14)17(22)18-10-16(21)24-11-15(20)19-13-6-2-3-7-13/h4-5,8-9,13H,2-3,6-7,10-11H2,1H3,(H,18,22)(H,19,20). The van der Waals surface area contributed by atoms with Gasteiger partial charge in [0.25, 0.3) is 11.8 Å². The van der Waals surface area contributed by atoms with Crippen LogP contribution in [0.4, 0.5) is 0 Å². The van der Waals surface area contributed by atoms with Crippen molar-refractivity contribution in [2.24, 2.45) is 0 Å². The van der Waals surface area contributed by atoms with Crippen LogP contribution in [0.1, 0.15) is 36.0 Å². The lowest BCUT2D eigenvalue weighted by atomic mass is 10.2. The summed E-state index contributed by atoms with van der Waals surface area (Å²) in [5.41, 5.74) is 0.376. The largest absolute Gasteiger partial charge is 0.497 e. The minimum atomic E-state index is -0.659. The Balaban J connectivity index is 1.68. The highest BCUT2D eigenvalue weighted by molar-refractivity contribution is 5.96. The molecule has 1 aromatic carbocycles. The Kier molecular flexibility index (Phi) is 6.60. The van der Waals surface area contributed by atoms with Gasteiger partial charge in [-0.05, 0) is 31.0 Å². The number of hydrogen-bond acceptors (Lipinski definition) is 5. The molecule has 24 heavy (non-hydrogen) atoms. The van der Waals surface area contributed by atoms with Crippen LogP contribution >= 0.6 is 0 Å². The summed E-state index contributed by atoms with van der Waals surface area (Å²) >= 11 is 0. The molecule has 2 N–H and O–H groups in total. The van der Waals surface area contributed by atoms with E-state index in [0.29, 0.717) is 11.3 Å². The Labute approximate surface area is 140 Å². The molecule has 0 unspecified atom stereocenters. The van der Waals surface area contributed by atoms with Crippen LogP contribution in [0.15, 0.2) is 24.3 Å². The SMILES string of the molecule is COc1cccc(C(=O)NCC(=O)OCC(=O)NC2CCCC2)c1. The molecule has 2 amide bonds. The van der Waals surface area contributed by atoms with Crippen molar-refractivity contribution < 1.29 is 23.9 Å².